The van der Waals surface area contributed by atoms with E-state index < -0.39 is 0 Å². The maximum Gasteiger partial charge on any atom is 0.231 e. The summed E-state index contributed by atoms with van der Waals surface area (Å²) in [6, 6.07) is 6.04. The molecule has 1 aromatic rings. The van der Waals surface area contributed by atoms with Crippen molar-refractivity contribution in [2.24, 2.45) is 23.2 Å². The molecule has 0 spiro atoms. The maximum absolute atomic E-state index is 12.9. The molecule has 128 valence electrons. The zero-order valence-electron chi connectivity index (χ0n) is 14.1. The van der Waals surface area contributed by atoms with E-state index in [1.54, 1.807) is 0 Å². The molecule has 0 unspecified atom stereocenters. The number of carbonyl (C=O) groups excluding carboxylic acids is 1. The number of amides is 1. The molecular formula is C20H25NO3. The highest BCUT2D eigenvalue weighted by Crippen LogP contribution is 2.60. The number of fused-ring (bicyclic) bond motifs is 1. The number of nitrogens with one attached hydrogen (secondary N) is 1. The summed E-state index contributed by atoms with van der Waals surface area (Å²) in [5, 5.41) is 3.24. The van der Waals surface area contributed by atoms with Crippen molar-refractivity contribution < 1.29 is 14.3 Å². The minimum absolute atomic E-state index is 0.0381. The zero-order chi connectivity index (χ0) is 16.1. The van der Waals surface area contributed by atoms with Crippen molar-refractivity contribution >= 4 is 5.91 Å². The molecule has 0 aromatic heterocycles. The van der Waals surface area contributed by atoms with Crippen molar-refractivity contribution in [1.82, 2.24) is 5.32 Å². The SMILES string of the molecule is O=C(NCCc1ccc2c(c1)OCO2)C12CC3CC(CC(C3)C1)C2. The number of ether oxygens (including phenoxy) is 2. The van der Waals surface area contributed by atoms with E-state index in [0.29, 0.717) is 19.2 Å². The number of benzene rings is 1. The number of rotatable bonds is 4. The molecule has 1 aliphatic heterocycles. The average molecular weight is 327 g/mol. The summed E-state index contributed by atoms with van der Waals surface area (Å²) in [6.45, 7) is 1.02. The lowest BCUT2D eigenvalue weighted by molar-refractivity contribution is -0.146. The van der Waals surface area contributed by atoms with E-state index in [-0.39, 0.29) is 5.41 Å². The van der Waals surface area contributed by atoms with Crippen molar-refractivity contribution in [3.63, 3.8) is 0 Å². The van der Waals surface area contributed by atoms with Crippen molar-refractivity contribution in [2.75, 3.05) is 13.3 Å². The van der Waals surface area contributed by atoms with Crippen LogP contribution in [0, 0.1) is 23.2 Å². The molecule has 1 heterocycles. The molecule has 4 nitrogen and oxygen atoms in total. The van der Waals surface area contributed by atoms with Gasteiger partial charge in [-0.05, 0) is 80.4 Å². The Balaban J connectivity index is 1.20. The molecule has 0 saturated heterocycles. The van der Waals surface area contributed by atoms with Crippen LogP contribution in [0.1, 0.15) is 44.1 Å². The Morgan fingerprint density at radius 2 is 1.71 bits per heavy atom. The third-order valence-electron chi connectivity index (χ3n) is 6.66. The van der Waals surface area contributed by atoms with Crippen LogP contribution in [0.2, 0.25) is 0 Å². The molecule has 24 heavy (non-hydrogen) atoms. The number of carbonyl (C=O) groups is 1. The number of hydrogen-bond acceptors (Lipinski definition) is 3. The predicted molar refractivity (Wildman–Crippen MR) is 89.9 cm³/mol. The van der Waals surface area contributed by atoms with Gasteiger partial charge < -0.3 is 14.8 Å². The van der Waals surface area contributed by atoms with Crippen molar-refractivity contribution in [3.8, 4) is 11.5 Å². The van der Waals surface area contributed by atoms with E-state index >= 15 is 0 Å². The molecule has 6 rings (SSSR count). The van der Waals surface area contributed by atoms with Crippen LogP contribution in [-0.2, 0) is 11.2 Å². The van der Waals surface area contributed by atoms with Crippen LogP contribution in [0.5, 0.6) is 11.5 Å². The van der Waals surface area contributed by atoms with Crippen LogP contribution in [0.3, 0.4) is 0 Å². The smallest absolute Gasteiger partial charge is 0.231 e. The number of hydrogen-bond donors (Lipinski definition) is 1. The van der Waals surface area contributed by atoms with Gasteiger partial charge in [-0.2, -0.15) is 0 Å². The van der Waals surface area contributed by atoms with E-state index in [9.17, 15) is 4.79 Å². The first-order chi connectivity index (χ1) is 11.7. The van der Waals surface area contributed by atoms with Crippen LogP contribution < -0.4 is 14.8 Å². The largest absolute Gasteiger partial charge is 0.454 e. The van der Waals surface area contributed by atoms with Crippen LogP contribution >= 0.6 is 0 Å². The summed E-state index contributed by atoms with van der Waals surface area (Å²) >= 11 is 0. The van der Waals surface area contributed by atoms with Crippen LogP contribution in [-0.4, -0.2) is 19.2 Å². The van der Waals surface area contributed by atoms with Gasteiger partial charge in [0.25, 0.3) is 0 Å². The molecular weight excluding hydrogens is 302 g/mol. The fourth-order valence-electron chi connectivity index (χ4n) is 5.99. The van der Waals surface area contributed by atoms with Gasteiger partial charge in [-0.25, -0.2) is 0 Å². The Labute approximate surface area is 142 Å². The monoisotopic (exact) mass is 327 g/mol. The molecule has 4 saturated carbocycles. The van der Waals surface area contributed by atoms with E-state index in [1.807, 2.05) is 12.1 Å². The lowest BCUT2D eigenvalue weighted by Gasteiger charge is -2.55. The Morgan fingerprint density at radius 3 is 2.42 bits per heavy atom. The van der Waals surface area contributed by atoms with Crippen LogP contribution in [0.4, 0.5) is 0 Å². The van der Waals surface area contributed by atoms with Gasteiger partial charge in [0.15, 0.2) is 11.5 Å². The second-order valence-electron chi connectivity index (χ2n) is 8.39. The Morgan fingerprint density at radius 1 is 1.04 bits per heavy atom. The first-order valence-corrected chi connectivity index (χ1v) is 9.37. The topological polar surface area (TPSA) is 47.6 Å². The van der Waals surface area contributed by atoms with Gasteiger partial charge in [0.1, 0.15) is 0 Å². The van der Waals surface area contributed by atoms with E-state index in [4.69, 9.17) is 9.47 Å². The highest BCUT2D eigenvalue weighted by Gasteiger charge is 2.54. The molecule has 4 bridgehead atoms. The molecule has 4 fully saturated rings. The maximum atomic E-state index is 12.9. The minimum Gasteiger partial charge on any atom is -0.454 e. The van der Waals surface area contributed by atoms with E-state index in [0.717, 1.165) is 54.9 Å². The standard InChI is InChI=1S/C20H25NO3/c22-19(20-9-14-5-15(10-20)7-16(6-14)11-20)21-4-3-13-1-2-17-18(8-13)24-12-23-17/h1-2,8,14-16H,3-7,9-12H2,(H,21,22). The highest BCUT2D eigenvalue weighted by molar-refractivity contribution is 5.83. The van der Waals surface area contributed by atoms with Gasteiger partial charge in [0, 0.05) is 12.0 Å². The summed E-state index contributed by atoms with van der Waals surface area (Å²) < 4.78 is 10.8. The quantitative estimate of drug-likeness (QED) is 0.923. The molecule has 5 aliphatic rings. The molecule has 0 atom stereocenters. The zero-order valence-corrected chi connectivity index (χ0v) is 14.1. The summed E-state index contributed by atoms with van der Waals surface area (Å²) in [4.78, 5) is 12.9. The molecule has 4 heteroatoms. The Kier molecular flexibility index (Phi) is 3.29. The van der Waals surface area contributed by atoms with E-state index in [2.05, 4.69) is 11.4 Å². The summed E-state index contributed by atoms with van der Waals surface area (Å²) in [7, 11) is 0. The molecule has 1 aromatic carbocycles. The van der Waals surface area contributed by atoms with Gasteiger partial charge in [-0.15, -0.1) is 0 Å². The van der Waals surface area contributed by atoms with Crippen molar-refractivity contribution in [1.29, 1.82) is 0 Å². The molecule has 1 N–H and O–H groups in total. The third kappa shape index (κ3) is 2.38. The summed E-state index contributed by atoms with van der Waals surface area (Å²) in [5.41, 5.74) is 1.15. The Bertz CT molecular complexity index is 634. The molecule has 4 aliphatic carbocycles. The lowest BCUT2D eigenvalue weighted by Crippen LogP contribution is -2.53. The fourth-order valence-corrected chi connectivity index (χ4v) is 5.99. The molecule has 0 radical (unpaired) electrons. The Hall–Kier alpha value is -1.71. The first-order valence-electron chi connectivity index (χ1n) is 9.37. The van der Waals surface area contributed by atoms with Gasteiger partial charge in [0.2, 0.25) is 12.7 Å². The van der Waals surface area contributed by atoms with E-state index in [1.165, 1.54) is 24.8 Å². The predicted octanol–water partition coefficient (Wildman–Crippen LogP) is 3.29. The minimum atomic E-state index is -0.0381. The molecule has 1 amide bonds. The van der Waals surface area contributed by atoms with Crippen molar-refractivity contribution in [2.45, 2.75) is 44.9 Å². The van der Waals surface area contributed by atoms with Gasteiger partial charge in [-0.3, -0.25) is 4.79 Å². The fraction of sp³-hybridized carbons (Fsp3) is 0.650. The second-order valence-corrected chi connectivity index (χ2v) is 8.39. The van der Waals surface area contributed by atoms with Gasteiger partial charge >= 0.3 is 0 Å². The highest BCUT2D eigenvalue weighted by atomic mass is 16.7. The van der Waals surface area contributed by atoms with Gasteiger partial charge in [-0.1, -0.05) is 6.07 Å². The summed E-state index contributed by atoms with van der Waals surface area (Å²) in [6.07, 6.45) is 8.38. The van der Waals surface area contributed by atoms with Crippen LogP contribution in [0.15, 0.2) is 18.2 Å². The summed E-state index contributed by atoms with van der Waals surface area (Å²) in [5.74, 6) is 4.40. The van der Waals surface area contributed by atoms with Crippen LogP contribution in [0.25, 0.3) is 0 Å². The second kappa shape index (κ2) is 5.40. The lowest BCUT2D eigenvalue weighted by atomic mass is 9.49. The normalized spacial score (nSPS) is 35.2. The van der Waals surface area contributed by atoms with Crippen molar-refractivity contribution in [3.05, 3.63) is 23.8 Å². The third-order valence-corrected chi connectivity index (χ3v) is 6.66. The van der Waals surface area contributed by atoms with Gasteiger partial charge in [0.05, 0.1) is 0 Å². The average Bonchev–Trinajstić information content (AvgIpc) is 3.01. The first kappa shape index (κ1) is 14.6.